The van der Waals surface area contributed by atoms with Crippen LogP contribution in [0.4, 0.5) is 11.4 Å². The molecule has 0 atom stereocenters. The van der Waals surface area contributed by atoms with E-state index in [1.54, 1.807) is 24.3 Å². The lowest BCUT2D eigenvalue weighted by Gasteiger charge is -2.56. The molecule has 0 saturated heterocycles. The van der Waals surface area contributed by atoms with Gasteiger partial charge in [-0.3, -0.25) is 0 Å². The Kier molecular flexibility index (Phi) is 5.04. The fourth-order valence-corrected chi connectivity index (χ4v) is 8.23. The lowest BCUT2D eigenvalue weighted by atomic mass is 9.53. The summed E-state index contributed by atoms with van der Waals surface area (Å²) in [5.41, 5.74) is 1.23. The van der Waals surface area contributed by atoms with E-state index in [0.29, 0.717) is 44.9 Å². The molecule has 4 saturated carbocycles. The van der Waals surface area contributed by atoms with E-state index in [0.717, 1.165) is 24.9 Å². The molecule has 174 valence electrons. The highest BCUT2D eigenvalue weighted by molar-refractivity contribution is 7.89. The summed E-state index contributed by atoms with van der Waals surface area (Å²) in [6, 6.07) is 12.2. The van der Waals surface area contributed by atoms with E-state index < -0.39 is 10.0 Å². The Labute approximate surface area is 199 Å². The Morgan fingerprint density at radius 1 is 0.848 bits per heavy atom. The second-order valence-electron chi connectivity index (χ2n) is 9.97. The topological polar surface area (TPSA) is 88.7 Å². The van der Waals surface area contributed by atoms with Crippen molar-refractivity contribution in [2.75, 3.05) is 17.4 Å². The minimum Gasteiger partial charge on any atom is -0.454 e. The maximum absolute atomic E-state index is 13.2. The number of ether oxygens (including phenoxy) is 2. The minimum absolute atomic E-state index is 0.217. The van der Waals surface area contributed by atoms with E-state index in [1.807, 2.05) is 18.2 Å². The summed E-state index contributed by atoms with van der Waals surface area (Å²) in [4.78, 5) is 0.290. The van der Waals surface area contributed by atoms with Crippen molar-refractivity contribution in [3.8, 4) is 11.5 Å². The maximum atomic E-state index is 13.2. The van der Waals surface area contributed by atoms with Crippen LogP contribution in [-0.4, -0.2) is 25.9 Å². The number of rotatable bonds is 5. The van der Waals surface area contributed by atoms with Gasteiger partial charge >= 0.3 is 0 Å². The highest BCUT2D eigenvalue weighted by atomic mass is 32.2. The summed E-state index contributed by atoms with van der Waals surface area (Å²) in [5.74, 6) is 3.43. The Hall–Kier alpha value is -2.36. The van der Waals surface area contributed by atoms with Crippen LogP contribution in [0, 0.1) is 17.8 Å². The third-order valence-electron chi connectivity index (χ3n) is 7.44. The maximum Gasteiger partial charge on any atom is 0.241 e. The molecule has 1 heterocycles. The Morgan fingerprint density at radius 3 is 2.09 bits per heavy atom. The van der Waals surface area contributed by atoms with Crippen molar-refractivity contribution in [2.24, 2.45) is 17.8 Å². The molecule has 7 nitrogen and oxygen atoms in total. The van der Waals surface area contributed by atoms with Crippen molar-refractivity contribution >= 4 is 38.7 Å². The SMILES string of the molecule is O=S(=O)(NC12CC3CC(CC(C3)C1)C2)c1ccc(NC(=S)Nc2ccc3c(c2)OCO3)cc1. The quantitative estimate of drug-likeness (QED) is 0.539. The standard InChI is InChI=1S/C24H27N3O4S2/c28-33(29,27-24-11-15-7-16(12-24)9-17(8-15)13-24)20-4-1-18(2-5-20)25-23(32)26-19-3-6-21-22(10-19)31-14-30-21/h1-6,10,15-17,27H,7-9,11-14H2,(H2,25,26,32). The largest absolute Gasteiger partial charge is 0.454 e. The van der Waals surface area contributed by atoms with E-state index in [-0.39, 0.29) is 12.3 Å². The molecule has 5 aliphatic rings. The first-order valence-electron chi connectivity index (χ1n) is 11.5. The lowest BCUT2D eigenvalue weighted by molar-refractivity contribution is -0.00810. The zero-order valence-corrected chi connectivity index (χ0v) is 19.8. The lowest BCUT2D eigenvalue weighted by Crippen LogP contribution is -2.59. The number of fused-ring (bicyclic) bond motifs is 1. The number of nitrogens with one attached hydrogen (secondary N) is 3. The van der Waals surface area contributed by atoms with Crippen LogP contribution in [0.15, 0.2) is 47.4 Å². The molecule has 2 aromatic rings. The van der Waals surface area contributed by atoms with Gasteiger partial charge in [0.15, 0.2) is 16.6 Å². The summed E-state index contributed by atoms with van der Waals surface area (Å²) in [6.07, 6.45) is 6.79. The van der Waals surface area contributed by atoms with Crippen LogP contribution in [0.3, 0.4) is 0 Å². The molecule has 0 aromatic heterocycles. The van der Waals surface area contributed by atoms with E-state index >= 15 is 0 Å². The minimum atomic E-state index is -3.57. The van der Waals surface area contributed by atoms with Crippen LogP contribution in [0.2, 0.25) is 0 Å². The van der Waals surface area contributed by atoms with Crippen molar-refractivity contribution < 1.29 is 17.9 Å². The molecular formula is C24H27N3O4S2. The van der Waals surface area contributed by atoms with E-state index in [1.165, 1.54) is 19.3 Å². The third-order valence-corrected chi connectivity index (χ3v) is 9.24. The molecule has 0 radical (unpaired) electrons. The molecule has 4 aliphatic carbocycles. The summed E-state index contributed by atoms with van der Waals surface area (Å²) in [7, 11) is -3.57. The predicted molar refractivity (Wildman–Crippen MR) is 130 cm³/mol. The molecule has 7 rings (SSSR count). The van der Waals surface area contributed by atoms with Crippen molar-refractivity contribution in [3.05, 3.63) is 42.5 Å². The second kappa shape index (κ2) is 7.85. The van der Waals surface area contributed by atoms with Gasteiger partial charge in [0.1, 0.15) is 0 Å². The fraction of sp³-hybridized carbons (Fsp3) is 0.458. The molecule has 1 aliphatic heterocycles. The number of hydrogen-bond donors (Lipinski definition) is 3. The second-order valence-corrected chi connectivity index (χ2v) is 12.1. The summed E-state index contributed by atoms with van der Waals surface area (Å²) >= 11 is 5.40. The van der Waals surface area contributed by atoms with Gasteiger partial charge in [0, 0.05) is 23.0 Å². The number of sulfonamides is 1. The van der Waals surface area contributed by atoms with Gasteiger partial charge in [-0.05, 0) is 105 Å². The zero-order chi connectivity index (χ0) is 22.6. The highest BCUT2D eigenvalue weighted by Gasteiger charge is 2.52. The van der Waals surface area contributed by atoms with Gasteiger partial charge in [-0.2, -0.15) is 0 Å². The van der Waals surface area contributed by atoms with E-state index in [4.69, 9.17) is 21.7 Å². The molecule has 9 heteroatoms. The number of benzene rings is 2. The van der Waals surface area contributed by atoms with Crippen molar-refractivity contribution in [2.45, 2.75) is 49.0 Å². The van der Waals surface area contributed by atoms with Crippen LogP contribution in [0.1, 0.15) is 38.5 Å². The molecule has 3 N–H and O–H groups in total. The van der Waals surface area contributed by atoms with Gasteiger partial charge in [-0.25, -0.2) is 13.1 Å². The average molecular weight is 486 g/mol. The summed E-state index contributed by atoms with van der Waals surface area (Å²) < 4.78 is 40.2. The third kappa shape index (κ3) is 4.18. The van der Waals surface area contributed by atoms with Crippen molar-refractivity contribution in [1.82, 2.24) is 4.72 Å². The molecule has 0 amide bonds. The van der Waals surface area contributed by atoms with E-state index in [2.05, 4.69) is 15.4 Å². The number of hydrogen-bond acceptors (Lipinski definition) is 5. The van der Waals surface area contributed by atoms with Gasteiger partial charge in [-0.15, -0.1) is 0 Å². The fourth-order valence-electron chi connectivity index (χ4n) is 6.56. The first kappa shape index (κ1) is 21.2. The predicted octanol–water partition coefficient (Wildman–Crippen LogP) is 4.47. The summed E-state index contributed by atoms with van der Waals surface area (Å²) in [5, 5.41) is 6.60. The van der Waals surface area contributed by atoms with Gasteiger partial charge < -0.3 is 20.1 Å². The monoisotopic (exact) mass is 485 g/mol. The average Bonchev–Trinajstić information content (AvgIpc) is 3.20. The molecule has 0 spiro atoms. The van der Waals surface area contributed by atoms with Crippen LogP contribution in [-0.2, 0) is 10.0 Å². The molecule has 0 unspecified atom stereocenters. The number of anilines is 2. The molecule has 4 fully saturated rings. The van der Waals surface area contributed by atoms with E-state index in [9.17, 15) is 8.42 Å². The van der Waals surface area contributed by atoms with Gasteiger partial charge in [-0.1, -0.05) is 0 Å². The Bertz CT molecular complexity index is 1160. The molecule has 2 aromatic carbocycles. The highest BCUT2D eigenvalue weighted by Crippen LogP contribution is 2.56. The van der Waals surface area contributed by atoms with Crippen LogP contribution < -0.4 is 24.8 Å². The van der Waals surface area contributed by atoms with Crippen LogP contribution in [0.5, 0.6) is 11.5 Å². The van der Waals surface area contributed by atoms with Crippen molar-refractivity contribution in [3.63, 3.8) is 0 Å². The van der Waals surface area contributed by atoms with Crippen LogP contribution >= 0.6 is 12.2 Å². The zero-order valence-electron chi connectivity index (χ0n) is 18.2. The molecule has 4 bridgehead atoms. The Morgan fingerprint density at radius 2 is 1.42 bits per heavy atom. The normalized spacial score (nSPS) is 29.2. The van der Waals surface area contributed by atoms with Gasteiger partial charge in [0.2, 0.25) is 16.8 Å². The summed E-state index contributed by atoms with van der Waals surface area (Å²) in [6.45, 7) is 0.217. The van der Waals surface area contributed by atoms with Crippen LogP contribution in [0.25, 0.3) is 0 Å². The van der Waals surface area contributed by atoms with Gasteiger partial charge in [0.25, 0.3) is 0 Å². The first-order chi connectivity index (χ1) is 15.9. The Balaban J connectivity index is 1.10. The number of thiocarbonyl (C=S) groups is 1. The first-order valence-corrected chi connectivity index (χ1v) is 13.4. The smallest absolute Gasteiger partial charge is 0.241 e. The van der Waals surface area contributed by atoms with Gasteiger partial charge in [0.05, 0.1) is 4.90 Å². The van der Waals surface area contributed by atoms with Crippen molar-refractivity contribution in [1.29, 1.82) is 0 Å². The molecular weight excluding hydrogens is 458 g/mol. The molecule has 33 heavy (non-hydrogen) atoms.